The SMILES string of the molecule is CCN(CC)CCCNC(=O)c1cc(N)cn1C. The Morgan fingerprint density at radius 1 is 1.44 bits per heavy atom. The summed E-state index contributed by atoms with van der Waals surface area (Å²) in [5, 5.41) is 2.91. The molecule has 0 atom stereocenters. The molecule has 3 N–H and O–H groups in total. The number of nitrogens with one attached hydrogen (secondary N) is 1. The highest BCUT2D eigenvalue weighted by Gasteiger charge is 2.09. The van der Waals surface area contributed by atoms with Gasteiger partial charge in [-0.3, -0.25) is 4.79 Å². The van der Waals surface area contributed by atoms with Crippen LogP contribution in [-0.4, -0.2) is 41.6 Å². The van der Waals surface area contributed by atoms with Crippen LogP contribution in [0.15, 0.2) is 12.3 Å². The number of aromatic nitrogens is 1. The predicted octanol–water partition coefficient (Wildman–Crippen LogP) is 1.07. The Bertz CT molecular complexity index is 382. The average molecular weight is 252 g/mol. The summed E-state index contributed by atoms with van der Waals surface area (Å²) in [6.45, 7) is 8.12. The first-order valence-corrected chi connectivity index (χ1v) is 6.50. The molecule has 1 amide bonds. The van der Waals surface area contributed by atoms with E-state index in [9.17, 15) is 4.79 Å². The summed E-state index contributed by atoms with van der Waals surface area (Å²) in [6.07, 6.45) is 2.71. The molecular weight excluding hydrogens is 228 g/mol. The molecule has 0 fully saturated rings. The molecule has 1 aromatic rings. The van der Waals surface area contributed by atoms with Gasteiger partial charge in [0, 0.05) is 19.8 Å². The summed E-state index contributed by atoms with van der Waals surface area (Å²) in [6, 6.07) is 1.69. The molecule has 0 bridgehead atoms. The average Bonchev–Trinajstić information content (AvgIpc) is 2.68. The predicted molar refractivity (Wildman–Crippen MR) is 74.6 cm³/mol. The maximum absolute atomic E-state index is 11.9. The maximum atomic E-state index is 11.9. The lowest BCUT2D eigenvalue weighted by atomic mass is 10.3. The van der Waals surface area contributed by atoms with E-state index in [1.54, 1.807) is 16.8 Å². The summed E-state index contributed by atoms with van der Waals surface area (Å²) in [4.78, 5) is 14.2. The number of carbonyl (C=O) groups is 1. The molecule has 0 spiro atoms. The van der Waals surface area contributed by atoms with Crippen LogP contribution in [0.2, 0.25) is 0 Å². The summed E-state index contributed by atoms with van der Waals surface area (Å²) in [5.74, 6) is -0.0613. The lowest BCUT2D eigenvalue weighted by Crippen LogP contribution is -2.30. The molecule has 102 valence electrons. The zero-order chi connectivity index (χ0) is 13.5. The smallest absolute Gasteiger partial charge is 0.267 e. The van der Waals surface area contributed by atoms with Crippen molar-refractivity contribution in [2.24, 2.45) is 7.05 Å². The molecule has 0 radical (unpaired) electrons. The minimum absolute atomic E-state index is 0.0613. The molecule has 0 saturated carbocycles. The first kappa shape index (κ1) is 14.6. The molecule has 5 heteroatoms. The van der Waals surface area contributed by atoms with Gasteiger partial charge in [-0.25, -0.2) is 0 Å². The van der Waals surface area contributed by atoms with Crippen molar-refractivity contribution >= 4 is 11.6 Å². The van der Waals surface area contributed by atoms with E-state index in [2.05, 4.69) is 24.1 Å². The van der Waals surface area contributed by atoms with Crippen molar-refractivity contribution in [3.63, 3.8) is 0 Å². The van der Waals surface area contributed by atoms with E-state index in [4.69, 9.17) is 5.73 Å². The highest BCUT2D eigenvalue weighted by molar-refractivity contribution is 5.93. The van der Waals surface area contributed by atoms with E-state index in [1.807, 2.05) is 7.05 Å². The molecule has 0 aromatic carbocycles. The van der Waals surface area contributed by atoms with Crippen molar-refractivity contribution in [3.8, 4) is 0 Å². The third kappa shape index (κ3) is 4.07. The second kappa shape index (κ2) is 7.06. The van der Waals surface area contributed by atoms with Gasteiger partial charge in [0.05, 0.1) is 5.69 Å². The maximum Gasteiger partial charge on any atom is 0.267 e. The topological polar surface area (TPSA) is 63.3 Å². The summed E-state index contributed by atoms with van der Waals surface area (Å²) in [5.41, 5.74) is 6.86. The Hall–Kier alpha value is -1.49. The van der Waals surface area contributed by atoms with Crippen LogP contribution in [0.25, 0.3) is 0 Å². The Kier molecular flexibility index (Phi) is 5.71. The van der Waals surface area contributed by atoms with E-state index in [-0.39, 0.29) is 5.91 Å². The van der Waals surface area contributed by atoms with Gasteiger partial charge in [0.25, 0.3) is 5.91 Å². The molecule has 0 saturated heterocycles. The molecule has 1 heterocycles. The van der Waals surface area contributed by atoms with Crippen molar-refractivity contribution in [2.45, 2.75) is 20.3 Å². The van der Waals surface area contributed by atoms with Gasteiger partial charge in [-0.15, -0.1) is 0 Å². The van der Waals surface area contributed by atoms with E-state index in [0.29, 0.717) is 17.9 Å². The van der Waals surface area contributed by atoms with E-state index in [1.165, 1.54) is 0 Å². The van der Waals surface area contributed by atoms with Crippen molar-refractivity contribution in [2.75, 3.05) is 31.9 Å². The van der Waals surface area contributed by atoms with Gasteiger partial charge in [0.2, 0.25) is 0 Å². The fourth-order valence-electron chi connectivity index (χ4n) is 1.95. The number of rotatable bonds is 7. The van der Waals surface area contributed by atoms with Gasteiger partial charge in [-0.2, -0.15) is 0 Å². The van der Waals surface area contributed by atoms with Crippen LogP contribution in [0, 0.1) is 0 Å². The van der Waals surface area contributed by atoms with E-state index in [0.717, 1.165) is 26.1 Å². The van der Waals surface area contributed by atoms with Crippen LogP contribution in [0.5, 0.6) is 0 Å². The Morgan fingerprint density at radius 3 is 2.61 bits per heavy atom. The van der Waals surface area contributed by atoms with Crippen LogP contribution in [0.1, 0.15) is 30.8 Å². The lowest BCUT2D eigenvalue weighted by molar-refractivity contribution is 0.0944. The number of anilines is 1. The van der Waals surface area contributed by atoms with Crippen molar-refractivity contribution in [1.82, 2.24) is 14.8 Å². The van der Waals surface area contributed by atoms with Crippen LogP contribution < -0.4 is 11.1 Å². The number of nitrogens with zero attached hydrogens (tertiary/aromatic N) is 2. The number of amides is 1. The number of hydrogen-bond acceptors (Lipinski definition) is 3. The Morgan fingerprint density at radius 2 is 2.11 bits per heavy atom. The highest BCUT2D eigenvalue weighted by Crippen LogP contribution is 2.08. The van der Waals surface area contributed by atoms with E-state index >= 15 is 0 Å². The molecule has 0 unspecified atom stereocenters. The lowest BCUT2D eigenvalue weighted by Gasteiger charge is -2.17. The van der Waals surface area contributed by atoms with Crippen LogP contribution in [0.3, 0.4) is 0 Å². The third-order valence-electron chi connectivity index (χ3n) is 3.09. The number of nitrogen functional groups attached to an aromatic ring is 1. The molecule has 1 rings (SSSR count). The standard InChI is InChI=1S/C13H24N4O/c1-4-17(5-2)8-6-7-15-13(18)12-9-11(14)10-16(12)3/h9-10H,4-8,14H2,1-3H3,(H,15,18). The van der Waals surface area contributed by atoms with Crippen molar-refractivity contribution in [1.29, 1.82) is 0 Å². The van der Waals surface area contributed by atoms with Crippen LogP contribution >= 0.6 is 0 Å². The summed E-state index contributed by atoms with van der Waals surface area (Å²) >= 11 is 0. The van der Waals surface area contributed by atoms with Gasteiger partial charge < -0.3 is 20.5 Å². The van der Waals surface area contributed by atoms with Crippen molar-refractivity contribution in [3.05, 3.63) is 18.0 Å². The molecule has 5 nitrogen and oxygen atoms in total. The fourth-order valence-corrected chi connectivity index (χ4v) is 1.95. The van der Waals surface area contributed by atoms with Crippen molar-refractivity contribution < 1.29 is 4.79 Å². The third-order valence-corrected chi connectivity index (χ3v) is 3.09. The molecule has 0 aliphatic heterocycles. The summed E-state index contributed by atoms with van der Waals surface area (Å²) < 4.78 is 1.75. The van der Waals surface area contributed by atoms with Gasteiger partial charge in [0.15, 0.2) is 0 Å². The van der Waals surface area contributed by atoms with Gasteiger partial charge in [-0.05, 0) is 32.1 Å². The quantitative estimate of drug-likeness (QED) is 0.714. The first-order valence-electron chi connectivity index (χ1n) is 6.50. The highest BCUT2D eigenvalue weighted by atomic mass is 16.1. The Balaban J connectivity index is 2.32. The summed E-state index contributed by atoms with van der Waals surface area (Å²) in [7, 11) is 1.82. The Labute approximate surface area is 109 Å². The largest absolute Gasteiger partial charge is 0.397 e. The number of carbonyl (C=O) groups excluding carboxylic acids is 1. The number of nitrogens with two attached hydrogens (primary N) is 1. The van der Waals surface area contributed by atoms with Gasteiger partial charge in [-0.1, -0.05) is 13.8 Å². The van der Waals surface area contributed by atoms with Crippen LogP contribution in [-0.2, 0) is 7.05 Å². The molecule has 0 aliphatic rings. The normalized spacial score (nSPS) is 10.9. The van der Waals surface area contributed by atoms with Gasteiger partial charge in [0.1, 0.15) is 5.69 Å². The second-order valence-electron chi connectivity index (χ2n) is 4.41. The first-order chi connectivity index (χ1) is 8.58. The minimum atomic E-state index is -0.0613. The number of hydrogen-bond donors (Lipinski definition) is 2. The fraction of sp³-hybridized carbons (Fsp3) is 0.615. The van der Waals surface area contributed by atoms with E-state index < -0.39 is 0 Å². The van der Waals surface area contributed by atoms with Gasteiger partial charge >= 0.3 is 0 Å². The molecule has 0 aliphatic carbocycles. The number of aryl methyl sites for hydroxylation is 1. The zero-order valence-electron chi connectivity index (χ0n) is 11.6. The molecular formula is C13H24N4O. The molecule has 18 heavy (non-hydrogen) atoms. The minimum Gasteiger partial charge on any atom is -0.397 e. The molecule has 1 aromatic heterocycles. The zero-order valence-corrected chi connectivity index (χ0v) is 11.6. The second-order valence-corrected chi connectivity index (χ2v) is 4.41. The van der Waals surface area contributed by atoms with Crippen LogP contribution in [0.4, 0.5) is 5.69 Å². The monoisotopic (exact) mass is 252 g/mol.